The monoisotopic (exact) mass is 948 g/mol. The number of amides is 7. The van der Waals surface area contributed by atoms with E-state index in [0.29, 0.717) is 19.3 Å². The molecule has 1 aliphatic carbocycles. The van der Waals surface area contributed by atoms with Crippen molar-refractivity contribution in [3.8, 4) is 0 Å². The second kappa shape index (κ2) is 24.8. The van der Waals surface area contributed by atoms with E-state index in [-0.39, 0.29) is 50.7 Å². The molecule has 0 unspecified atom stereocenters. The van der Waals surface area contributed by atoms with E-state index < -0.39 is 77.6 Å². The zero-order chi connectivity index (χ0) is 48.6. The molecular formula is C50H64N10O7S. The average molecular weight is 949 g/mol. The molecule has 0 spiro atoms. The summed E-state index contributed by atoms with van der Waals surface area (Å²) in [7, 11) is 0. The number of hydrogen-bond donors (Lipinski definition) is 8. The van der Waals surface area contributed by atoms with Gasteiger partial charge < -0.3 is 48.7 Å². The number of carbonyl (C=O) groups is 7. The van der Waals surface area contributed by atoms with E-state index in [0.717, 1.165) is 58.2 Å². The van der Waals surface area contributed by atoms with Crippen LogP contribution in [0.25, 0.3) is 10.1 Å². The van der Waals surface area contributed by atoms with Crippen LogP contribution in [-0.4, -0.2) is 102 Å². The Hall–Kier alpha value is -6.82. The lowest BCUT2D eigenvalue weighted by Crippen LogP contribution is -2.60. The Balaban J connectivity index is 1.22. The lowest BCUT2D eigenvalue weighted by Gasteiger charge is -2.32. The fraction of sp³-hybridized carbons (Fsp3) is 0.440. The number of hydrogen-bond acceptors (Lipinski definition) is 9. The normalized spacial score (nSPS) is 17.1. The van der Waals surface area contributed by atoms with Crippen molar-refractivity contribution in [1.82, 2.24) is 31.5 Å². The number of rotatable bonds is 22. The Morgan fingerprint density at radius 2 is 1.22 bits per heavy atom. The van der Waals surface area contributed by atoms with Gasteiger partial charge in [0, 0.05) is 48.9 Å². The number of likely N-dealkylation sites (tertiary alicyclic amines) is 1. The molecular weight excluding hydrogens is 885 g/mol. The number of aliphatic imine (C=N–C) groups is 1. The molecule has 362 valence electrons. The Kier molecular flexibility index (Phi) is 18.5. The fourth-order valence-electron chi connectivity index (χ4n) is 9.08. The molecule has 17 nitrogen and oxygen atoms in total. The third kappa shape index (κ3) is 14.8. The highest BCUT2D eigenvalue weighted by atomic mass is 32.1. The first-order valence-corrected chi connectivity index (χ1v) is 24.2. The predicted octanol–water partition coefficient (Wildman–Crippen LogP) is 2.48. The lowest BCUT2D eigenvalue weighted by molar-refractivity contribution is -0.142. The summed E-state index contributed by atoms with van der Waals surface area (Å²) in [5.74, 6) is -4.14. The van der Waals surface area contributed by atoms with Crippen molar-refractivity contribution in [3.05, 3.63) is 107 Å². The number of nitrogens with zero attached hydrogens (tertiary/aromatic N) is 2. The van der Waals surface area contributed by atoms with Crippen LogP contribution >= 0.6 is 11.3 Å². The third-order valence-corrected chi connectivity index (χ3v) is 13.7. The van der Waals surface area contributed by atoms with Gasteiger partial charge in [0.25, 0.3) is 0 Å². The predicted molar refractivity (Wildman–Crippen MR) is 262 cm³/mol. The molecule has 18 heteroatoms. The Morgan fingerprint density at radius 1 is 0.647 bits per heavy atom. The first-order chi connectivity index (χ1) is 32.7. The highest BCUT2D eigenvalue weighted by Gasteiger charge is 2.40. The smallest absolute Gasteiger partial charge is 0.245 e. The van der Waals surface area contributed by atoms with Crippen molar-refractivity contribution >= 4 is 68.7 Å². The molecule has 0 radical (unpaired) electrons. The molecule has 3 aromatic carbocycles. The van der Waals surface area contributed by atoms with Crippen LogP contribution in [0.4, 0.5) is 0 Å². The summed E-state index contributed by atoms with van der Waals surface area (Å²) in [5.41, 5.74) is 18.6. The van der Waals surface area contributed by atoms with E-state index in [1.807, 2.05) is 91.0 Å². The zero-order valence-corrected chi connectivity index (χ0v) is 39.3. The van der Waals surface area contributed by atoms with Gasteiger partial charge in [-0.2, -0.15) is 0 Å². The minimum atomic E-state index is -1.17. The average Bonchev–Trinajstić information content (AvgIpc) is 3.99. The summed E-state index contributed by atoms with van der Waals surface area (Å²) < 4.78 is 1.00. The highest BCUT2D eigenvalue weighted by molar-refractivity contribution is 7.19. The number of benzene rings is 3. The number of thiophene rings is 1. The van der Waals surface area contributed by atoms with Crippen LogP contribution in [0, 0.1) is 5.92 Å². The van der Waals surface area contributed by atoms with Crippen LogP contribution < -0.4 is 43.8 Å². The van der Waals surface area contributed by atoms with E-state index in [4.69, 9.17) is 17.2 Å². The molecule has 2 fully saturated rings. The van der Waals surface area contributed by atoms with Crippen LogP contribution in [-0.2, 0) is 52.8 Å². The van der Waals surface area contributed by atoms with Gasteiger partial charge >= 0.3 is 0 Å². The molecule has 1 aromatic heterocycles. The fourth-order valence-corrected chi connectivity index (χ4v) is 10.2. The molecule has 4 aromatic rings. The van der Waals surface area contributed by atoms with Crippen molar-refractivity contribution in [2.24, 2.45) is 28.1 Å². The van der Waals surface area contributed by atoms with E-state index in [1.54, 1.807) is 0 Å². The summed E-state index contributed by atoms with van der Waals surface area (Å²) in [6, 6.07) is 21.5. The first-order valence-electron chi connectivity index (χ1n) is 23.4. The van der Waals surface area contributed by atoms with Gasteiger partial charge in [0.15, 0.2) is 5.96 Å². The summed E-state index contributed by atoms with van der Waals surface area (Å²) in [6.45, 7) is 1.49. The first kappa shape index (κ1) is 50.6. The molecule has 6 atom stereocenters. The minimum Gasteiger partial charge on any atom is -0.370 e. The second-order valence-electron chi connectivity index (χ2n) is 17.8. The number of nitrogens with two attached hydrogens (primary N) is 3. The summed E-state index contributed by atoms with van der Waals surface area (Å²) in [5, 5.41) is 15.2. The molecule has 68 heavy (non-hydrogen) atoms. The Bertz CT molecular complexity index is 2370. The molecule has 6 rings (SSSR count). The van der Waals surface area contributed by atoms with Gasteiger partial charge in [-0.05, 0) is 60.2 Å². The van der Waals surface area contributed by atoms with Gasteiger partial charge in [-0.25, -0.2) is 0 Å². The van der Waals surface area contributed by atoms with Crippen molar-refractivity contribution in [1.29, 1.82) is 0 Å². The van der Waals surface area contributed by atoms with E-state index in [1.165, 1.54) is 23.2 Å². The van der Waals surface area contributed by atoms with Gasteiger partial charge in [-0.1, -0.05) is 111 Å². The number of fused-ring (bicyclic) bond motifs is 1. The summed E-state index contributed by atoms with van der Waals surface area (Å²) in [6.07, 6.45) is 6.21. The molecule has 1 saturated heterocycles. The maximum atomic E-state index is 14.7. The van der Waals surface area contributed by atoms with E-state index in [9.17, 15) is 33.6 Å². The van der Waals surface area contributed by atoms with E-state index >= 15 is 0 Å². The highest BCUT2D eigenvalue weighted by Crippen LogP contribution is 2.29. The quantitative estimate of drug-likeness (QED) is 0.0424. The van der Waals surface area contributed by atoms with Gasteiger partial charge in [0.2, 0.25) is 41.4 Å². The number of primary amides is 1. The molecule has 0 bridgehead atoms. The van der Waals surface area contributed by atoms with Gasteiger partial charge in [-0.15, -0.1) is 11.3 Å². The molecule has 7 amide bonds. The van der Waals surface area contributed by atoms with Gasteiger partial charge in [-0.3, -0.25) is 38.6 Å². The lowest BCUT2D eigenvalue weighted by atomic mass is 9.84. The third-order valence-electron chi connectivity index (χ3n) is 12.5. The van der Waals surface area contributed by atoms with Gasteiger partial charge in [0.1, 0.15) is 36.3 Å². The zero-order valence-electron chi connectivity index (χ0n) is 38.5. The van der Waals surface area contributed by atoms with Crippen LogP contribution in [0.2, 0.25) is 0 Å². The van der Waals surface area contributed by atoms with E-state index in [2.05, 4.69) is 31.6 Å². The molecule has 1 saturated carbocycles. The Morgan fingerprint density at radius 3 is 1.84 bits per heavy atom. The summed E-state index contributed by atoms with van der Waals surface area (Å²) >= 11 is 1.49. The standard InChI is InChI=1S/C50H64N10O7S/c1-31(61)55-39(27-33-16-7-3-8-17-33)45(63)56-37(23-24-54-50(52)53)49(67)60-25-13-21-42(60)48(66)59-40(28-34-18-9-4-10-19-34)46(64)58-41(30-36-29-35-20-11-12-22-43(35)68-36)47(65)57-38(44(51)62)26-32-14-5-2-6-15-32/h2-3,5-8,11-12,14-17,20,22,29,34,37-42H,4,9-10,13,18-19,21,23-28,30H2,1H3,(H2,51,62)(H,55,61)(H,56,63)(H,57,65)(H,58,64)(H,59,66)(H4,52,53,54)/t37-,38-,39-,40+,41-,42-/m0/s1. The van der Waals surface area contributed by atoms with Crippen molar-refractivity contribution in [2.45, 2.75) is 120 Å². The molecule has 1 aliphatic heterocycles. The number of guanidine groups is 1. The van der Waals surface area contributed by atoms with Gasteiger partial charge in [0.05, 0.1) is 0 Å². The maximum absolute atomic E-state index is 14.7. The number of nitrogens with one attached hydrogen (secondary N) is 5. The molecule has 11 N–H and O–H groups in total. The topological polar surface area (TPSA) is 273 Å². The van der Waals surface area contributed by atoms with Crippen LogP contribution in [0.3, 0.4) is 0 Å². The van der Waals surface area contributed by atoms with Crippen LogP contribution in [0.15, 0.2) is 96.0 Å². The van der Waals surface area contributed by atoms with Crippen LogP contribution in [0.1, 0.15) is 80.7 Å². The maximum Gasteiger partial charge on any atom is 0.245 e. The second-order valence-corrected chi connectivity index (χ2v) is 18.9. The summed E-state index contributed by atoms with van der Waals surface area (Å²) in [4.78, 5) is 103. The number of carbonyl (C=O) groups excluding carboxylic acids is 7. The minimum absolute atomic E-state index is 0.0106. The van der Waals surface area contributed by atoms with Crippen molar-refractivity contribution in [2.75, 3.05) is 13.1 Å². The Labute approximate surface area is 400 Å². The van der Waals surface area contributed by atoms with Crippen molar-refractivity contribution in [3.63, 3.8) is 0 Å². The van der Waals surface area contributed by atoms with Crippen molar-refractivity contribution < 1.29 is 33.6 Å². The SMILES string of the molecule is CC(=O)N[C@@H](Cc1ccccc1)C(=O)N[C@@H](CCN=C(N)N)C(=O)N1CCC[C@H]1C(=O)N[C@H](CC1CCCCC1)C(=O)N[C@@H](Cc1cc2ccccc2s1)C(=O)N[C@@H](Cc1ccccc1)C(N)=O. The molecule has 2 heterocycles. The molecule has 2 aliphatic rings. The largest absolute Gasteiger partial charge is 0.370 e. The van der Waals surface area contributed by atoms with Crippen LogP contribution in [0.5, 0.6) is 0 Å².